The lowest BCUT2D eigenvalue weighted by atomic mass is 9.96. The van der Waals surface area contributed by atoms with Crippen LogP contribution in [-0.2, 0) is 20.9 Å². The van der Waals surface area contributed by atoms with E-state index in [0.717, 1.165) is 12.0 Å². The van der Waals surface area contributed by atoms with Crippen molar-refractivity contribution in [1.82, 2.24) is 9.80 Å². The first-order chi connectivity index (χ1) is 17.5. The van der Waals surface area contributed by atoms with Crippen molar-refractivity contribution >= 4 is 29.4 Å². The summed E-state index contributed by atoms with van der Waals surface area (Å²) in [4.78, 5) is 56.8. The van der Waals surface area contributed by atoms with E-state index in [9.17, 15) is 19.2 Å². The Morgan fingerprint density at radius 2 is 1.67 bits per heavy atom. The van der Waals surface area contributed by atoms with Gasteiger partial charge in [-0.2, -0.15) is 0 Å². The van der Waals surface area contributed by atoms with Crippen molar-refractivity contribution in [3.05, 3.63) is 65.2 Å². The summed E-state index contributed by atoms with van der Waals surface area (Å²) < 4.78 is 5.11. The van der Waals surface area contributed by atoms with Gasteiger partial charge in [-0.05, 0) is 62.4 Å². The lowest BCUT2D eigenvalue weighted by molar-refractivity contribution is -0.149. The minimum absolute atomic E-state index is 0.0598. The van der Waals surface area contributed by atoms with Gasteiger partial charge in [-0.3, -0.25) is 19.2 Å². The fourth-order valence-corrected chi connectivity index (χ4v) is 5.47. The molecule has 0 saturated carbocycles. The SMILES string of the molecule is CCOC(=O)C1CCN(C(=O)c2ccc(CN3C(=O)[C@@H]4CCCN4C(=O)c4ccccc43)cc2)CC1. The van der Waals surface area contributed by atoms with Crippen LogP contribution in [0.2, 0.25) is 0 Å². The maximum atomic E-state index is 13.5. The summed E-state index contributed by atoms with van der Waals surface area (Å²) in [5, 5.41) is 0. The Bertz CT molecular complexity index is 1170. The van der Waals surface area contributed by atoms with Gasteiger partial charge in [0.25, 0.3) is 11.8 Å². The van der Waals surface area contributed by atoms with Crippen molar-refractivity contribution in [3.8, 4) is 0 Å². The first-order valence-electron chi connectivity index (χ1n) is 12.7. The molecule has 1 atom stereocenters. The number of piperidine rings is 1. The third-order valence-corrected chi connectivity index (χ3v) is 7.43. The van der Waals surface area contributed by atoms with Gasteiger partial charge in [0.2, 0.25) is 5.91 Å². The molecule has 2 aromatic rings. The molecule has 8 nitrogen and oxygen atoms in total. The number of rotatable bonds is 5. The number of hydrogen-bond donors (Lipinski definition) is 0. The Morgan fingerprint density at radius 1 is 0.944 bits per heavy atom. The van der Waals surface area contributed by atoms with Gasteiger partial charge in [-0.1, -0.05) is 24.3 Å². The molecule has 0 unspecified atom stereocenters. The number of esters is 1. The molecule has 3 aliphatic rings. The monoisotopic (exact) mass is 489 g/mol. The van der Waals surface area contributed by atoms with Gasteiger partial charge < -0.3 is 19.4 Å². The average molecular weight is 490 g/mol. The van der Waals surface area contributed by atoms with Crippen LogP contribution in [-0.4, -0.2) is 65.8 Å². The van der Waals surface area contributed by atoms with Gasteiger partial charge in [0.05, 0.1) is 30.3 Å². The zero-order chi connectivity index (χ0) is 25.2. The molecule has 0 radical (unpaired) electrons. The minimum Gasteiger partial charge on any atom is -0.466 e. The molecule has 188 valence electrons. The number of carbonyl (C=O) groups is 4. The van der Waals surface area contributed by atoms with E-state index in [2.05, 4.69) is 0 Å². The van der Waals surface area contributed by atoms with Gasteiger partial charge in [0, 0.05) is 25.2 Å². The molecule has 36 heavy (non-hydrogen) atoms. The quantitative estimate of drug-likeness (QED) is 0.602. The van der Waals surface area contributed by atoms with Gasteiger partial charge in [0.1, 0.15) is 6.04 Å². The fourth-order valence-electron chi connectivity index (χ4n) is 5.47. The molecule has 0 bridgehead atoms. The number of para-hydroxylation sites is 1. The first-order valence-corrected chi connectivity index (χ1v) is 12.7. The van der Waals surface area contributed by atoms with Crippen molar-refractivity contribution in [2.24, 2.45) is 5.92 Å². The number of benzene rings is 2. The van der Waals surface area contributed by atoms with Crippen molar-refractivity contribution < 1.29 is 23.9 Å². The van der Waals surface area contributed by atoms with E-state index in [1.807, 2.05) is 30.3 Å². The predicted molar refractivity (Wildman–Crippen MR) is 133 cm³/mol. The molecule has 3 aliphatic heterocycles. The second kappa shape index (κ2) is 10.1. The van der Waals surface area contributed by atoms with Crippen LogP contribution in [0.5, 0.6) is 0 Å². The Balaban J connectivity index is 1.29. The maximum Gasteiger partial charge on any atom is 0.309 e. The van der Waals surface area contributed by atoms with E-state index < -0.39 is 6.04 Å². The van der Waals surface area contributed by atoms with Crippen molar-refractivity contribution in [1.29, 1.82) is 0 Å². The molecular weight excluding hydrogens is 458 g/mol. The molecule has 0 spiro atoms. The summed E-state index contributed by atoms with van der Waals surface area (Å²) in [5.74, 6) is -0.534. The molecular formula is C28H31N3O5. The van der Waals surface area contributed by atoms with Crippen LogP contribution in [0.3, 0.4) is 0 Å². The van der Waals surface area contributed by atoms with E-state index in [1.54, 1.807) is 39.8 Å². The van der Waals surface area contributed by atoms with Gasteiger partial charge in [0.15, 0.2) is 0 Å². The molecule has 2 saturated heterocycles. The molecule has 0 aliphatic carbocycles. The summed E-state index contributed by atoms with van der Waals surface area (Å²) in [6.07, 6.45) is 2.72. The highest BCUT2D eigenvalue weighted by Crippen LogP contribution is 2.33. The van der Waals surface area contributed by atoms with Crippen LogP contribution in [0.25, 0.3) is 0 Å². The van der Waals surface area contributed by atoms with Gasteiger partial charge in [-0.25, -0.2) is 0 Å². The average Bonchev–Trinajstić information content (AvgIpc) is 3.39. The number of nitrogens with zero attached hydrogens (tertiary/aromatic N) is 3. The third-order valence-electron chi connectivity index (χ3n) is 7.43. The topological polar surface area (TPSA) is 87.2 Å². The van der Waals surface area contributed by atoms with Crippen molar-refractivity contribution in [3.63, 3.8) is 0 Å². The van der Waals surface area contributed by atoms with Crippen LogP contribution >= 0.6 is 0 Å². The van der Waals surface area contributed by atoms with Crippen LogP contribution in [0, 0.1) is 5.92 Å². The van der Waals surface area contributed by atoms with Crippen LogP contribution in [0.1, 0.15) is 58.9 Å². The molecule has 5 rings (SSSR count). The van der Waals surface area contributed by atoms with Gasteiger partial charge in [-0.15, -0.1) is 0 Å². The Labute approximate surface area is 210 Å². The summed E-state index contributed by atoms with van der Waals surface area (Å²) >= 11 is 0. The normalized spacial score (nSPS) is 20.1. The molecule has 8 heteroatoms. The van der Waals surface area contributed by atoms with Crippen LogP contribution in [0.4, 0.5) is 5.69 Å². The standard InChI is InChI=1S/C28H31N3O5/c1-2-36-28(35)21-13-16-29(17-14-21)25(32)20-11-9-19(10-12-20)18-31-23-7-4-3-6-22(23)26(33)30-15-5-8-24(30)27(31)34/h3-4,6-7,9-12,21,24H,2,5,8,13-18H2,1H3/t24-/m0/s1. The number of anilines is 1. The highest BCUT2D eigenvalue weighted by molar-refractivity contribution is 6.11. The maximum absolute atomic E-state index is 13.5. The zero-order valence-corrected chi connectivity index (χ0v) is 20.5. The molecule has 0 aromatic heterocycles. The van der Waals surface area contributed by atoms with Gasteiger partial charge >= 0.3 is 5.97 Å². The van der Waals surface area contributed by atoms with Crippen molar-refractivity contribution in [2.45, 2.75) is 45.2 Å². The number of hydrogen-bond acceptors (Lipinski definition) is 5. The van der Waals surface area contributed by atoms with Crippen LogP contribution < -0.4 is 4.90 Å². The van der Waals surface area contributed by atoms with Crippen molar-refractivity contribution in [2.75, 3.05) is 31.1 Å². The summed E-state index contributed by atoms with van der Waals surface area (Å²) in [5.41, 5.74) is 2.64. The predicted octanol–water partition coefficient (Wildman–Crippen LogP) is 3.25. The Kier molecular flexibility index (Phi) is 6.76. The second-order valence-corrected chi connectivity index (χ2v) is 9.61. The first kappa shape index (κ1) is 24.0. The molecule has 3 amide bonds. The third kappa shape index (κ3) is 4.47. The zero-order valence-electron chi connectivity index (χ0n) is 20.5. The highest BCUT2D eigenvalue weighted by atomic mass is 16.5. The van der Waals surface area contributed by atoms with E-state index >= 15 is 0 Å². The molecule has 0 N–H and O–H groups in total. The summed E-state index contributed by atoms with van der Waals surface area (Å²) in [6.45, 7) is 4.14. The van der Waals surface area contributed by atoms with E-state index in [1.165, 1.54) is 0 Å². The Hall–Kier alpha value is -3.68. The smallest absolute Gasteiger partial charge is 0.309 e. The van der Waals surface area contributed by atoms with E-state index in [-0.39, 0.29) is 29.6 Å². The molecule has 2 aromatic carbocycles. The number of carbonyl (C=O) groups excluding carboxylic acids is 4. The largest absolute Gasteiger partial charge is 0.466 e. The molecule has 2 fully saturated rings. The molecule has 3 heterocycles. The number of amides is 3. The Morgan fingerprint density at radius 3 is 2.39 bits per heavy atom. The number of fused-ring (bicyclic) bond motifs is 2. The summed E-state index contributed by atoms with van der Waals surface area (Å²) in [7, 11) is 0. The fraction of sp³-hybridized carbons (Fsp3) is 0.429. The lowest BCUT2D eigenvalue weighted by Gasteiger charge is -2.31. The van der Waals surface area contributed by atoms with E-state index in [0.29, 0.717) is 68.9 Å². The minimum atomic E-state index is -0.428. The number of ether oxygens (including phenoxy) is 1. The number of likely N-dealkylation sites (tertiary alicyclic amines) is 1. The lowest BCUT2D eigenvalue weighted by Crippen LogP contribution is -2.44. The highest BCUT2D eigenvalue weighted by Gasteiger charge is 2.41. The summed E-state index contributed by atoms with van der Waals surface area (Å²) in [6, 6.07) is 14.2. The van der Waals surface area contributed by atoms with Crippen LogP contribution in [0.15, 0.2) is 48.5 Å². The van der Waals surface area contributed by atoms with E-state index in [4.69, 9.17) is 4.74 Å². The second-order valence-electron chi connectivity index (χ2n) is 9.61.